The highest BCUT2D eigenvalue weighted by Gasteiger charge is 2.38. The lowest BCUT2D eigenvalue weighted by molar-refractivity contribution is 0.0333. The van der Waals surface area contributed by atoms with Crippen molar-refractivity contribution >= 4 is 31.9 Å². The molecule has 1 aromatic rings. The van der Waals surface area contributed by atoms with Crippen LogP contribution in [0.2, 0.25) is 0 Å². The van der Waals surface area contributed by atoms with E-state index in [2.05, 4.69) is 15.9 Å². The molecule has 1 aromatic heterocycles. The first kappa shape index (κ1) is 18.9. The van der Waals surface area contributed by atoms with E-state index in [-0.39, 0.29) is 23.8 Å². The molecule has 0 spiro atoms. The molecule has 0 bridgehead atoms. The van der Waals surface area contributed by atoms with Crippen LogP contribution in [0.15, 0.2) is 21.2 Å². The molecule has 0 aliphatic carbocycles. The summed E-state index contributed by atoms with van der Waals surface area (Å²) in [4.78, 5) is 14.3. The van der Waals surface area contributed by atoms with Gasteiger partial charge in [0.05, 0.1) is 6.26 Å². The molecule has 2 aliphatic heterocycles. The fraction of sp³-hybridized carbons (Fsp3) is 0.688. The van der Waals surface area contributed by atoms with Crippen LogP contribution in [0.3, 0.4) is 0 Å². The maximum atomic E-state index is 12.6. The van der Waals surface area contributed by atoms with E-state index in [0.717, 1.165) is 12.8 Å². The van der Waals surface area contributed by atoms with E-state index in [0.29, 0.717) is 43.8 Å². The van der Waals surface area contributed by atoms with E-state index >= 15 is 0 Å². The Morgan fingerprint density at radius 1 is 1.24 bits per heavy atom. The minimum absolute atomic E-state index is 0.0541. The van der Waals surface area contributed by atoms with E-state index in [1.807, 2.05) is 0 Å². The highest BCUT2D eigenvalue weighted by Crippen LogP contribution is 2.27. The lowest BCUT2D eigenvalue weighted by Crippen LogP contribution is -2.55. The normalized spacial score (nSPS) is 23.2. The second-order valence-corrected chi connectivity index (χ2v) is 9.26. The number of carbonyl (C=O) groups excluding carboxylic acids is 1. The van der Waals surface area contributed by atoms with E-state index in [1.54, 1.807) is 21.3 Å². The number of carbonyl (C=O) groups is 1. The minimum atomic E-state index is -3.36. The van der Waals surface area contributed by atoms with Crippen molar-refractivity contribution in [3.8, 4) is 0 Å². The van der Waals surface area contributed by atoms with Crippen molar-refractivity contribution in [1.29, 1.82) is 0 Å². The molecule has 9 heteroatoms. The first-order valence-electron chi connectivity index (χ1n) is 8.47. The van der Waals surface area contributed by atoms with Gasteiger partial charge >= 0.3 is 0 Å². The van der Waals surface area contributed by atoms with Gasteiger partial charge in [-0.2, -0.15) is 4.31 Å². The fourth-order valence-corrected chi connectivity index (χ4v) is 5.48. The summed E-state index contributed by atoms with van der Waals surface area (Å²) in [5.41, 5.74) is 0. The standard InChI is InChI=1S/C16H23BrN2O5S/c1-25(21,22)19(12-6-9-23-10-7-12)13-3-2-8-18(11-13)16(20)14-4-5-15(17)24-14/h4-5,12-13H,2-3,6-11H2,1H3. The summed E-state index contributed by atoms with van der Waals surface area (Å²) in [5, 5.41) is 0. The molecule has 2 aliphatic rings. The molecule has 1 atom stereocenters. The quantitative estimate of drug-likeness (QED) is 0.724. The molecule has 2 fully saturated rings. The molecular formula is C16H23BrN2O5S. The average molecular weight is 435 g/mol. The van der Waals surface area contributed by atoms with Gasteiger partial charge in [0, 0.05) is 38.4 Å². The van der Waals surface area contributed by atoms with E-state index in [4.69, 9.17) is 9.15 Å². The van der Waals surface area contributed by atoms with Crippen LogP contribution in [0.5, 0.6) is 0 Å². The van der Waals surface area contributed by atoms with Gasteiger partial charge in [-0.1, -0.05) is 0 Å². The Morgan fingerprint density at radius 3 is 2.56 bits per heavy atom. The van der Waals surface area contributed by atoms with Gasteiger partial charge in [0.2, 0.25) is 10.0 Å². The molecule has 0 saturated carbocycles. The molecule has 0 aromatic carbocycles. The Bertz CT molecular complexity index is 714. The van der Waals surface area contributed by atoms with Crippen LogP contribution in [0.1, 0.15) is 36.2 Å². The Kier molecular flexibility index (Phi) is 5.87. The smallest absolute Gasteiger partial charge is 0.289 e. The number of sulfonamides is 1. The van der Waals surface area contributed by atoms with Crippen molar-refractivity contribution in [2.75, 3.05) is 32.6 Å². The van der Waals surface area contributed by atoms with E-state index in [1.165, 1.54) is 6.26 Å². The van der Waals surface area contributed by atoms with Gasteiger partial charge in [-0.15, -0.1) is 0 Å². The summed E-state index contributed by atoms with van der Waals surface area (Å²) < 4.78 is 37.7. The van der Waals surface area contributed by atoms with Crippen LogP contribution in [-0.2, 0) is 14.8 Å². The van der Waals surface area contributed by atoms with E-state index < -0.39 is 10.0 Å². The van der Waals surface area contributed by atoms with Crippen LogP contribution in [-0.4, -0.2) is 68.2 Å². The van der Waals surface area contributed by atoms with Crippen LogP contribution in [0.4, 0.5) is 0 Å². The number of hydrogen-bond donors (Lipinski definition) is 0. The largest absolute Gasteiger partial charge is 0.444 e. The Balaban J connectivity index is 1.76. The lowest BCUT2D eigenvalue weighted by atomic mass is 10.0. The third-order valence-corrected chi connectivity index (χ3v) is 6.55. The monoisotopic (exact) mass is 434 g/mol. The highest BCUT2D eigenvalue weighted by atomic mass is 79.9. The number of ether oxygens (including phenoxy) is 1. The lowest BCUT2D eigenvalue weighted by Gasteiger charge is -2.42. The zero-order valence-electron chi connectivity index (χ0n) is 14.2. The molecule has 3 heterocycles. The second-order valence-electron chi connectivity index (χ2n) is 6.59. The summed E-state index contributed by atoms with van der Waals surface area (Å²) in [7, 11) is -3.36. The SMILES string of the molecule is CS(=O)(=O)N(C1CCOCC1)C1CCCN(C(=O)c2ccc(Br)o2)C1. The molecular weight excluding hydrogens is 412 g/mol. The minimum Gasteiger partial charge on any atom is -0.444 e. The molecule has 7 nitrogen and oxygen atoms in total. The predicted molar refractivity (Wildman–Crippen MR) is 95.9 cm³/mol. The van der Waals surface area contributed by atoms with Gasteiger partial charge in [-0.25, -0.2) is 8.42 Å². The summed E-state index contributed by atoms with van der Waals surface area (Å²) >= 11 is 3.20. The van der Waals surface area contributed by atoms with Gasteiger partial charge in [0.1, 0.15) is 0 Å². The molecule has 1 amide bonds. The summed E-state index contributed by atoms with van der Waals surface area (Å²) in [6, 6.07) is 3.05. The van der Waals surface area contributed by atoms with Gasteiger partial charge < -0.3 is 14.1 Å². The Hall–Kier alpha value is -0.900. The summed E-state index contributed by atoms with van der Waals surface area (Å²) in [6.07, 6.45) is 4.18. The van der Waals surface area contributed by atoms with Crippen molar-refractivity contribution in [2.24, 2.45) is 0 Å². The summed E-state index contributed by atoms with van der Waals surface area (Å²) in [6.45, 7) is 2.15. The molecule has 2 saturated heterocycles. The first-order chi connectivity index (χ1) is 11.9. The number of piperidine rings is 1. The molecule has 140 valence electrons. The zero-order valence-corrected chi connectivity index (χ0v) is 16.6. The van der Waals surface area contributed by atoms with Crippen LogP contribution < -0.4 is 0 Å². The predicted octanol–water partition coefficient (Wildman–Crippen LogP) is 2.09. The van der Waals surface area contributed by atoms with E-state index in [9.17, 15) is 13.2 Å². The number of nitrogens with zero attached hydrogens (tertiary/aromatic N) is 2. The average Bonchev–Trinajstić information content (AvgIpc) is 3.01. The van der Waals surface area contributed by atoms with Crippen molar-refractivity contribution in [2.45, 2.75) is 37.8 Å². The number of halogens is 1. The molecule has 25 heavy (non-hydrogen) atoms. The Labute approximate surface area is 156 Å². The number of likely N-dealkylation sites (tertiary alicyclic amines) is 1. The Morgan fingerprint density at radius 2 is 1.96 bits per heavy atom. The van der Waals surface area contributed by atoms with Gasteiger partial charge in [0.15, 0.2) is 10.4 Å². The maximum absolute atomic E-state index is 12.6. The molecule has 0 N–H and O–H groups in total. The van der Waals surface area contributed by atoms with Crippen LogP contribution in [0, 0.1) is 0 Å². The van der Waals surface area contributed by atoms with Crippen LogP contribution in [0.25, 0.3) is 0 Å². The molecule has 0 radical (unpaired) electrons. The third-order valence-electron chi connectivity index (χ3n) is 4.76. The molecule has 3 rings (SSSR count). The number of amides is 1. The van der Waals surface area contributed by atoms with Gasteiger partial charge in [-0.05, 0) is 53.7 Å². The van der Waals surface area contributed by atoms with Crippen LogP contribution >= 0.6 is 15.9 Å². The number of hydrogen-bond acceptors (Lipinski definition) is 5. The van der Waals surface area contributed by atoms with Gasteiger partial charge in [-0.3, -0.25) is 4.79 Å². The maximum Gasteiger partial charge on any atom is 0.289 e. The second kappa shape index (κ2) is 7.77. The van der Waals surface area contributed by atoms with Crippen molar-refractivity contribution < 1.29 is 22.4 Å². The first-order valence-corrected chi connectivity index (χ1v) is 11.1. The highest BCUT2D eigenvalue weighted by molar-refractivity contribution is 9.10. The number of furan rings is 1. The molecule has 1 unspecified atom stereocenters. The topological polar surface area (TPSA) is 80.1 Å². The fourth-order valence-electron chi connectivity index (χ4n) is 3.71. The van der Waals surface area contributed by atoms with Crippen molar-refractivity contribution in [3.63, 3.8) is 0 Å². The zero-order chi connectivity index (χ0) is 18.0. The van der Waals surface area contributed by atoms with Crippen molar-refractivity contribution in [3.05, 3.63) is 22.6 Å². The summed E-state index contributed by atoms with van der Waals surface area (Å²) in [5.74, 6) is 0.0697. The third kappa shape index (κ3) is 4.45. The van der Waals surface area contributed by atoms with Gasteiger partial charge in [0.25, 0.3) is 5.91 Å². The van der Waals surface area contributed by atoms with Crippen molar-refractivity contribution in [1.82, 2.24) is 9.21 Å². The number of rotatable bonds is 4.